The Labute approximate surface area is 409 Å². The highest BCUT2D eigenvalue weighted by Crippen LogP contribution is 2.43. The molecule has 0 saturated carbocycles. The van der Waals surface area contributed by atoms with Crippen LogP contribution in [0.1, 0.15) is 245 Å². The number of carbonyl (C=O) groups excluding carboxylic acids is 1. The van der Waals surface area contributed by atoms with Crippen molar-refractivity contribution < 1.29 is 32.9 Å². The standard InChI is InChI=1S/C57H107N2O6P/c1-6-8-10-12-14-16-18-20-22-24-25-26-27-28-29-30-31-32-33-35-36-38-40-42-44-46-48-50-56(60)55(54-65-66(62,63)64-53-52-59(3,4)5)58-57(61)51-49-47-45-43-41-39-37-34-23-21-19-17-15-13-11-9-7-2/h9,11,15,17,21,23,40,42,48,50,55-56,60H,6-8,10,12-14,16,18-20,22,24-39,41,43-47,49,51-54H2,1-5H3,(H-,58,61,62,63)/p+1/b11-9-,17-15-,23-21-,42-40+,50-48+. The highest BCUT2D eigenvalue weighted by Gasteiger charge is 2.27. The van der Waals surface area contributed by atoms with Crippen molar-refractivity contribution in [3.8, 4) is 0 Å². The topological polar surface area (TPSA) is 105 Å². The van der Waals surface area contributed by atoms with Gasteiger partial charge in [-0.05, 0) is 64.2 Å². The van der Waals surface area contributed by atoms with Crippen LogP contribution in [0.3, 0.4) is 0 Å². The number of hydrogen-bond acceptors (Lipinski definition) is 5. The minimum absolute atomic E-state index is 0.0520. The molecular formula is C57H108N2O6P+. The Morgan fingerprint density at radius 2 is 0.924 bits per heavy atom. The summed E-state index contributed by atoms with van der Waals surface area (Å²) >= 11 is 0. The predicted octanol–water partition coefficient (Wildman–Crippen LogP) is 16.5. The second-order valence-electron chi connectivity index (χ2n) is 19.9. The van der Waals surface area contributed by atoms with Gasteiger partial charge in [0.1, 0.15) is 13.2 Å². The number of carbonyl (C=O) groups is 1. The van der Waals surface area contributed by atoms with Gasteiger partial charge in [0.2, 0.25) is 5.91 Å². The van der Waals surface area contributed by atoms with Crippen LogP contribution in [0, 0.1) is 0 Å². The lowest BCUT2D eigenvalue weighted by Gasteiger charge is -2.25. The highest BCUT2D eigenvalue weighted by atomic mass is 31.2. The molecule has 0 aliphatic rings. The van der Waals surface area contributed by atoms with Gasteiger partial charge in [-0.15, -0.1) is 0 Å². The average molecular weight is 948 g/mol. The maximum atomic E-state index is 12.9. The summed E-state index contributed by atoms with van der Waals surface area (Å²) in [7, 11) is 1.54. The summed E-state index contributed by atoms with van der Waals surface area (Å²) in [5.41, 5.74) is 0. The van der Waals surface area contributed by atoms with E-state index in [1.165, 1.54) is 154 Å². The number of nitrogens with one attached hydrogen (secondary N) is 1. The monoisotopic (exact) mass is 948 g/mol. The molecule has 0 bridgehead atoms. The second kappa shape index (κ2) is 48.2. The third-order valence-corrected chi connectivity index (χ3v) is 13.2. The molecule has 3 unspecified atom stereocenters. The van der Waals surface area contributed by atoms with Crippen LogP contribution in [0.5, 0.6) is 0 Å². The summed E-state index contributed by atoms with van der Waals surface area (Å²) in [6, 6.07) is -0.871. The van der Waals surface area contributed by atoms with Gasteiger partial charge in [0.05, 0.1) is 39.9 Å². The molecule has 0 heterocycles. The van der Waals surface area contributed by atoms with E-state index in [1.807, 2.05) is 27.2 Å². The van der Waals surface area contributed by atoms with Crippen molar-refractivity contribution in [2.75, 3.05) is 40.9 Å². The molecule has 0 radical (unpaired) electrons. The minimum Gasteiger partial charge on any atom is -0.387 e. The maximum absolute atomic E-state index is 12.9. The number of aliphatic hydroxyl groups is 1. The normalized spacial score (nSPS) is 14.5. The smallest absolute Gasteiger partial charge is 0.387 e. The SMILES string of the molecule is CC/C=C\C/C=C\C/C=C\CCCCCCCCCC(=O)NC(COP(=O)(O)OCC[N+](C)(C)C)C(O)/C=C/CC/C=C/CCCCCCCCCCCCCCCCCCCCCCC. The molecule has 3 N–H and O–H groups in total. The second-order valence-corrected chi connectivity index (χ2v) is 21.4. The maximum Gasteiger partial charge on any atom is 0.472 e. The van der Waals surface area contributed by atoms with Crippen molar-refractivity contribution in [1.29, 1.82) is 0 Å². The number of nitrogens with zero attached hydrogens (tertiary/aromatic N) is 1. The number of likely N-dealkylation sites (N-methyl/N-ethyl adjacent to an activating group) is 1. The van der Waals surface area contributed by atoms with Crippen molar-refractivity contribution in [2.24, 2.45) is 0 Å². The molecule has 0 spiro atoms. The Bertz CT molecular complexity index is 1260. The fraction of sp³-hybridized carbons (Fsp3) is 0.807. The van der Waals surface area contributed by atoms with Gasteiger partial charge in [-0.25, -0.2) is 4.57 Å². The van der Waals surface area contributed by atoms with Gasteiger partial charge in [0.15, 0.2) is 0 Å². The van der Waals surface area contributed by atoms with E-state index in [0.29, 0.717) is 17.4 Å². The molecular weight excluding hydrogens is 840 g/mol. The average Bonchev–Trinajstić information content (AvgIpc) is 3.28. The van der Waals surface area contributed by atoms with E-state index < -0.39 is 20.0 Å². The first-order valence-corrected chi connectivity index (χ1v) is 29.2. The van der Waals surface area contributed by atoms with Crippen molar-refractivity contribution in [2.45, 2.75) is 257 Å². The van der Waals surface area contributed by atoms with E-state index in [2.05, 4.69) is 67.8 Å². The Morgan fingerprint density at radius 1 is 0.530 bits per heavy atom. The Balaban J connectivity index is 4.26. The molecule has 0 aliphatic carbocycles. The Hall–Kier alpha value is -1.80. The quantitative estimate of drug-likeness (QED) is 0.0243. The summed E-state index contributed by atoms with van der Waals surface area (Å²) in [6.07, 6.45) is 64.7. The number of unbranched alkanes of at least 4 members (excludes halogenated alkanes) is 29. The van der Waals surface area contributed by atoms with E-state index in [1.54, 1.807) is 6.08 Å². The van der Waals surface area contributed by atoms with Gasteiger partial charge < -0.3 is 19.8 Å². The molecule has 0 aliphatic heterocycles. The van der Waals surface area contributed by atoms with Gasteiger partial charge in [-0.3, -0.25) is 13.8 Å². The minimum atomic E-state index is -4.36. The number of allylic oxidation sites excluding steroid dienone is 9. The van der Waals surface area contributed by atoms with Crippen LogP contribution in [-0.2, 0) is 18.4 Å². The highest BCUT2D eigenvalue weighted by molar-refractivity contribution is 7.47. The molecule has 8 nitrogen and oxygen atoms in total. The molecule has 386 valence electrons. The van der Waals surface area contributed by atoms with E-state index in [9.17, 15) is 19.4 Å². The number of phosphoric acid groups is 1. The Morgan fingerprint density at radius 3 is 1.39 bits per heavy atom. The number of quaternary nitrogens is 1. The fourth-order valence-corrected chi connectivity index (χ4v) is 8.63. The van der Waals surface area contributed by atoms with Crippen molar-refractivity contribution >= 4 is 13.7 Å². The third kappa shape index (κ3) is 50.1. The molecule has 0 aromatic carbocycles. The number of hydrogen-bond donors (Lipinski definition) is 3. The first-order valence-electron chi connectivity index (χ1n) is 27.7. The van der Waals surface area contributed by atoms with Crippen LogP contribution >= 0.6 is 7.82 Å². The lowest BCUT2D eigenvalue weighted by Crippen LogP contribution is -2.45. The van der Waals surface area contributed by atoms with Gasteiger partial charge in [0.25, 0.3) is 0 Å². The molecule has 66 heavy (non-hydrogen) atoms. The molecule has 0 aromatic heterocycles. The number of rotatable bonds is 50. The number of phosphoric ester groups is 1. The largest absolute Gasteiger partial charge is 0.472 e. The molecule has 9 heteroatoms. The van der Waals surface area contributed by atoms with E-state index in [4.69, 9.17) is 9.05 Å². The van der Waals surface area contributed by atoms with E-state index in [0.717, 1.165) is 70.6 Å². The zero-order valence-corrected chi connectivity index (χ0v) is 44.8. The first kappa shape index (κ1) is 64.2. The summed E-state index contributed by atoms with van der Waals surface area (Å²) in [6.45, 7) is 4.69. The summed E-state index contributed by atoms with van der Waals surface area (Å²) in [5.74, 6) is -0.197. The fourth-order valence-electron chi connectivity index (χ4n) is 7.90. The first-order chi connectivity index (χ1) is 32.0. The lowest BCUT2D eigenvalue weighted by atomic mass is 10.0. The summed E-state index contributed by atoms with van der Waals surface area (Å²) in [5, 5.41) is 13.9. The molecule has 3 atom stereocenters. The molecule has 0 rings (SSSR count). The summed E-state index contributed by atoms with van der Waals surface area (Å²) in [4.78, 5) is 23.2. The zero-order chi connectivity index (χ0) is 48.5. The van der Waals surface area contributed by atoms with Crippen molar-refractivity contribution in [1.82, 2.24) is 5.32 Å². The zero-order valence-electron chi connectivity index (χ0n) is 43.9. The van der Waals surface area contributed by atoms with E-state index >= 15 is 0 Å². The third-order valence-electron chi connectivity index (χ3n) is 12.2. The molecule has 0 aromatic rings. The van der Waals surface area contributed by atoms with Crippen LogP contribution in [0.25, 0.3) is 0 Å². The van der Waals surface area contributed by atoms with Crippen LogP contribution in [0.4, 0.5) is 0 Å². The van der Waals surface area contributed by atoms with Crippen LogP contribution in [0.15, 0.2) is 60.8 Å². The van der Waals surface area contributed by atoms with Crippen molar-refractivity contribution in [3.63, 3.8) is 0 Å². The van der Waals surface area contributed by atoms with Crippen LogP contribution in [0.2, 0.25) is 0 Å². The predicted molar refractivity (Wildman–Crippen MR) is 286 cm³/mol. The Kier molecular flexibility index (Phi) is 46.9. The molecule has 1 amide bonds. The van der Waals surface area contributed by atoms with Gasteiger partial charge >= 0.3 is 7.82 Å². The van der Waals surface area contributed by atoms with E-state index in [-0.39, 0.29) is 19.1 Å². The number of amides is 1. The van der Waals surface area contributed by atoms with Crippen LogP contribution < -0.4 is 5.32 Å². The molecule has 0 saturated heterocycles. The van der Waals surface area contributed by atoms with Crippen molar-refractivity contribution in [3.05, 3.63) is 60.8 Å². The number of aliphatic hydroxyl groups excluding tert-OH is 1. The summed E-state index contributed by atoms with van der Waals surface area (Å²) < 4.78 is 23.7. The van der Waals surface area contributed by atoms with Crippen LogP contribution in [-0.4, -0.2) is 73.4 Å². The lowest BCUT2D eigenvalue weighted by molar-refractivity contribution is -0.870. The van der Waals surface area contributed by atoms with Gasteiger partial charge in [0, 0.05) is 6.42 Å². The van der Waals surface area contributed by atoms with Gasteiger partial charge in [-0.1, -0.05) is 235 Å². The van der Waals surface area contributed by atoms with Gasteiger partial charge in [-0.2, -0.15) is 0 Å². The molecule has 0 fully saturated rings.